The third-order valence-corrected chi connectivity index (χ3v) is 5.31. The summed E-state index contributed by atoms with van der Waals surface area (Å²) in [6.07, 6.45) is 2.36. The van der Waals surface area contributed by atoms with Crippen molar-refractivity contribution in [3.05, 3.63) is 28.8 Å². The lowest BCUT2D eigenvalue weighted by Gasteiger charge is -2.05. The number of hydrogen-bond donors (Lipinski definition) is 2. The van der Waals surface area contributed by atoms with Crippen LogP contribution in [0.4, 0.5) is 10.8 Å². The lowest BCUT2D eigenvalue weighted by Crippen LogP contribution is -2.13. The van der Waals surface area contributed by atoms with Gasteiger partial charge >= 0.3 is 0 Å². The summed E-state index contributed by atoms with van der Waals surface area (Å²) in [7, 11) is 0. The highest BCUT2D eigenvalue weighted by Crippen LogP contribution is 2.30. The van der Waals surface area contributed by atoms with E-state index in [1.165, 1.54) is 35.9 Å². The summed E-state index contributed by atoms with van der Waals surface area (Å²) in [6.45, 7) is 0. The molecule has 1 aliphatic rings. The van der Waals surface area contributed by atoms with Crippen molar-refractivity contribution in [1.29, 1.82) is 5.26 Å². The van der Waals surface area contributed by atoms with E-state index >= 15 is 0 Å². The first-order valence-electron chi connectivity index (χ1n) is 6.86. The number of anilines is 2. The Hall–Kier alpha value is -1.82. The van der Waals surface area contributed by atoms with E-state index in [1.54, 1.807) is 18.2 Å². The number of nitrogens with one attached hydrogen (secondary N) is 2. The Kier molecular flexibility index (Phi) is 5.00. The number of nitriles is 1. The van der Waals surface area contributed by atoms with Crippen LogP contribution < -0.4 is 10.6 Å². The average Bonchev–Trinajstić information content (AvgIpc) is 3.22. The Morgan fingerprint density at radius 1 is 1.48 bits per heavy atom. The molecule has 2 aromatic rings. The highest BCUT2D eigenvalue weighted by atomic mass is 35.5. The van der Waals surface area contributed by atoms with Crippen LogP contribution in [0.5, 0.6) is 0 Å². The number of rotatable bonds is 6. The predicted molar refractivity (Wildman–Crippen MR) is 92.1 cm³/mol. The van der Waals surface area contributed by atoms with Crippen LogP contribution in [0, 0.1) is 11.3 Å². The van der Waals surface area contributed by atoms with Crippen LogP contribution in [0.25, 0.3) is 0 Å². The second kappa shape index (κ2) is 7.17. The topological polar surface area (TPSA) is 90.7 Å². The number of halogens is 1. The number of amides is 1. The average molecular weight is 366 g/mol. The molecule has 1 amide bonds. The van der Waals surface area contributed by atoms with E-state index in [0.29, 0.717) is 22.3 Å². The van der Waals surface area contributed by atoms with Crippen molar-refractivity contribution in [2.24, 2.45) is 0 Å². The number of hydrogen-bond acceptors (Lipinski definition) is 7. The van der Waals surface area contributed by atoms with Gasteiger partial charge in [-0.25, -0.2) is 0 Å². The van der Waals surface area contributed by atoms with Crippen molar-refractivity contribution < 1.29 is 4.79 Å². The molecule has 1 heterocycles. The Morgan fingerprint density at radius 3 is 3.00 bits per heavy atom. The minimum Gasteiger partial charge on any atom is -0.357 e. The smallest absolute Gasteiger partial charge is 0.234 e. The van der Waals surface area contributed by atoms with E-state index in [0.717, 1.165) is 9.47 Å². The predicted octanol–water partition coefficient (Wildman–Crippen LogP) is 3.37. The molecule has 0 unspecified atom stereocenters. The first-order chi connectivity index (χ1) is 11.1. The lowest BCUT2D eigenvalue weighted by atomic mass is 10.2. The molecule has 1 aromatic carbocycles. The molecule has 1 aliphatic carbocycles. The maximum atomic E-state index is 11.9. The van der Waals surface area contributed by atoms with Crippen LogP contribution in [0.15, 0.2) is 22.5 Å². The molecule has 0 radical (unpaired) electrons. The zero-order chi connectivity index (χ0) is 16.2. The van der Waals surface area contributed by atoms with E-state index < -0.39 is 0 Å². The van der Waals surface area contributed by atoms with Gasteiger partial charge in [0.25, 0.3) is 0 Å². The molecule has 0 bridgehead atoms. The Bertz CT molecular complexity index is 769. The summed E-state index contributed by atoms with van der Waals surface area (Å²) in [5.41, 5.74) is 0.941. The molecule has 2 N–H and O–H groups in total. The van der Waals surface area contributed by atoms with Crippen LogP contribution in [0.2, 0.25) is 5.02 Å². The summed E-state index contributed by atoms with van der Waals surface area (Å²) < 4.78 is 0.751. The van der Waals surface area contributed by atoms with Gasteiger partial charge in [0.2, 0.25) is 11.0 Å². The number of carbonyl (C=O) groups excluding carboxylic acids is 1. The van der Waals surface area contributed by atoms with E-state index in [1.807, 2.05) is 6.07 Å². The number of benzene rings is 1. The summed E-state index contributed by atoms with van der Waals surface area (Å²) >= 11 is 8.72. The molecule has 1 aromatic heterocycles. The molecule has 0 saturated heterocycles. The van der Waals surface area contributed by atoms with Crippen molar-refractivity contribution in [3.8, 4) is 6.07 Å². The maximum absolute atomic E-state index is 11.9. The van der Waals surface area contributed by atoms with Gasteiger partial charge in [0.15, 0.2) is 4.34 Å². The zero-order valence-corrected chi connectivity index (χ0v) is 14.3. The molecule has 0 spiro atoms. The Labute approximate surface area is 146 Å². The fourth-order valence-corrected chi connectivity index (χ4v) is 3.59. The minimum atomic E-state index is -0.164. The SMILES string of the molecule is N#Cc1ccc(NC(=O)CSc2nnc(NC3CC3)s2)cc1Cl. The molecule has 118 valence electrons. The summed E-state index contributed by atoms with van der Waals surface area (Å²) in [4.78, 5) is 11.9. The third-order valence-electron chi connectivity index (χ3n) is 3.01. The van der Waals surface area contributed by atoms with E-state index in [9.17, 15) is 4.79 Å². The first-order valence-corrected chi connectivity index (χ1v) is 9.04. The van der Waals surface area contributed by atoms with Crippen LogP contribution in [0.3, 0.4) is 0 Å². The second-order valence-electron chi connectivity index (χ2n) is 4.94. The van der Waals surface area contributed by atoms with E-state index in [-0.39, 0.29) is 11.7 Å². The highest BCUT2D eigenvalue weighted by molar-refractivity contribution is 8.01. The third kappa shape index (κ3) is 4.58. The zero-order valence-electron chi connectivity index (χ0n) is 11.9. The standard InChI is InChI=1S/C14H12ClN5OS2/c15-11-5-10(2-1-8(11)6-16)17-12(21)7-22-14-20-19-13(23-14)18-9-3-4-9/h1-2,5,9H,3-4,7H2,(H,17,21)(H,18,19). The number of aromatic nitrogens is 2. The van der Waals surface area contributed by atoms with Gasteiger partial charge in [0.05, 0.1) is 16.3 Å². The number of nitrogens with zero attached hydrogens (tertiary/aromatic N) is 3. The minimum absolute atomic E-state index is 0.164. The normalized spacial score (nSPS) is 13.4. The Morgan fingerprint density at radius 2 is 2.30 bits per heavy atom. The molecular weight excluding hydrogens is 354 g/mol. The molecule has 23 heavy (non-hydrogen) atoms. The lowest BCUT2D eigenvalue weighted by molar-refractivity contribution is -0.113. The van der Waals surface area contributed by atoms with Crippen LogP contribution in [0.1, 0.15) is 18.4 Å². The fraction of sp³-hybridized carbons (Fsp3) is 0.286. The molecule has 0 atom stereocenters. The fourth-order valence-electron chi connectivity index (χ4n) is 1.74. The van der Waals surface area contributed by atoms with E-state index in [2.05, 4.69) is 20.8 Å². The van der Waals surface area contributed by atoms with Crippen molar-refractivity contribution >= 4 is 51.4 Å². The van der Waals surface area contributed by atoms with Crippen LogP contribution in [-0.4, -0.2) is 27.9 Å². The summed E-state index contributed by atoms with van der Waals surface area (Å²) in [5, 5.41) is 24.0. The van der Waals surface area contributed by atoms with Gasteiger partial charge in [-0.2, -0.15) is 5.26 Å². The summed E-state index contributed by atoms with van der Waals surface area (Å²) in [5.74, 6) is 0.0676. The first kappa shape index (κ1) is 16.1. The van der Waals surface area contributed by atoms with Gasteiger partial charge in [-0.15, -0.1) is 10.2 Å². The van der Waals surface area contributed by atoms with Gasteiger partial charge in [0, 0.05) is 11.7 Å². The molecule has 0 aliphatic heterocycles. The van der Waals surface area contributed by atoms with Crippen molar-refractivity contribution in [3.63, 3.8) is 0 Å². The molecule has 1 fully saturated rings. The maximum Gasteiger partial charge on any atom is 0.234 e. The van der Waals surface area contributed by atoms with Crippen LogP contribution >= 0.6 is 34.7 Å². The van der Waals surface area contributed by atoms with Gasteiger partial charge in [-0.3, -0.25) is 4.79 Å². The highest BCUT2D eigenvalue weighted by Gasteiger charge is 2.22. The molecule has 9 heteroatoms. The summed E-state index contributed by atoms with van der Waals surface area (Å²) in [6, 6.07) is 7.29. The largest absolute Gasteiger partial charge is 0.357 e. The van der Waals surface area contributed by atoms with Gasteiger partial charge in [-0.1, -0.05) is 34.7 Å². The van der Waals surface area contributed by atoms with Crippen LogP contribution in [-0.2, 0) is 4.79 Å². The van der Waals surface area contributed by atoms with E-state index in [4.69, 9.17) is 16.9 Å². The van der Waals surface area contributed by atoms with Crippen molar-refractivity contribution in [2.75, 3.05) is 16.4 Å². The molecule has 3 rings (SSSR count). The number of thioether (sulfide) groups is 1. The monoisotopic (exact) mass is 365 g/mol. The molecular formula is C14H12ClN5OS2. The second-order valence-corrected chi connectivity index (χ2v) is 7.54. The quantitative estimate of drug-likeness (QED) is 0.763. The Balaban J connectivity index is 1.50. The van der Waals surface area contributed by atoms with Gasteiger partial charge in [0.1, 0.15) is 6.07 Å². The van der Waals surface area contributed by atoms with Crippen molar-refractivity contribution in [2.45, 2.75) is 23.2 Å². The van der Waals surface area contributed by atoms with Gasteiger partial charge < -0.3 is 10.6 Å². The molecule has 1 saturated carbocycles. The molecule has 6 nitrogen and oxygen atoms in total. The van der Waals surface area contributed by atoms with Gasteiger partial charge in [-0.05, 0) is 31.0 Å². The van der Waals surface area contributed by atoms with Crippen molar-refractivity contribution in [1.82, 2.24) is 10.2 Å². The number of carbonyl (C=O) groups is 1.